The van der Waals surface area contributed by atoms with Gasteiger partial charge in [-0.3, -0.25) is 9.59 Å². The van der Waals surface area contributed by atoms with Crippen molar-refractivity contribution >= 4 is 29.6 Å². The van der Waals surface area contributed by atoms with Crippen LogP contribution in [0.25, 0.3) is 0 Å². The molecule has 0 unspecified atom stereocenters. The molecule has 2 N–H and O–H groups in total. The first-order valence-corrected chi connectivity index (χ1v) is 9.60. The predicted molar refractivity (Wildman–Crippen MR) is 116 cm³/mol. The second kappa shape index (κ2) is 10.8. The zero-order valence-corrected chi connectivity index (χ0v) is 16.8. The summed E-state index contributed by atoms with van der Waals surface area (Å²) < 4.78 is 5.71. The highest BCUT2D eigenvalue weighted by Crippen LogP contribution is 2.15. The standard InChI is InChI=1S/C23H20ClN3O3/c24-20-8-4-7-19(13-20)16-30-21-11-9-18(10-12-21)15-26-27-23(29)22(28)25-14-17-5-2-1-3-6-17/h1-13,15H,14,16H2,(H,25,28)(H,27,29)/b26-15+. The van der Waals surface area contributed by atoms with Gasteiger partial charge < -0.3 is 10.1 Å². The Morgan fingerprint density at radius 1 is 0.900 bits per heavy atom. The molecule has 6 nitrogen and oxygen atoms in total. The number of hydrogen-bond acceptors (Lipinski definition) is 4. The van der Waals surface area contributed by atoms with Crippen LogP contribution >= 0.6 is 11.6 Å². The van der Waals surface area contributed by atoms with Crippen molar-refractivity contribution in [3.8, 4) is 5.75 Å². The summed E-state index contributed by atoms with van der Waals surface area (Å²) in [5.41, 5.74) is 4.83. The lowest BCUT2D eigenvalue weighted by molar-refractivity contribution is -0.139. The SMILES string of the molecule is O=C(NCc1ccccc1)C(=O)N/N=C/c1ccc(OCc2cccc(Cl)c2)cc1. The molecule has 3 aromatic rings. The molecule has 3 rings (SSSR count). The van der Waals surface area contributed by atoms with Gasteiger partial charge in [0.2, 0.25) is 0 Å². The molecule has 0 aliphatic heterocycles. The topological polar surface area (TPSA) is 79.8 Å². The molecule has 0 saturated carbocycles. The second-order valence-corrected chi connectivity index (χ2v) is 6.79. The number of carbonyl (C=O) groups excluding carboxylic acids is 2. The maximum atomic E-state index is 11.8. The van der Waals surface area contributed by atoms with Gasteiger partial charge in [-0.15, -0.1) is 0 Å². The third-order valence-electron chi connectivity index (χ3n) is 4.06. The van der Waals surface area contributed by atoms with Crippen LogP contribution in [0.1, 0.15) is 16.7 Å². The minimum absolute atomic E-state index is 0.271. The molecule has 0 spiro atoms. The van der Waals surface area contributed by atoms with Gasteiger partial charge in [0.15, 0.2) is 0 Å². The molecular formula is C23H20ClN3O3. The molecule has 2 amide bonds. The summed E-state index contributed by atoms with van der Waals surface area (Å²) in [5, 5.41) is 7.01. The molecule has 0 atom stereocenters. The Balaban J connectivity index is 1.43. The van der Waals surface area contributed by atoms with E-state index in [1.165, 1.54) is 6.21 Å². The number of nitrogens with one attached hydrogen (secondary N) is 2. The first-order chi connectivity index (χ1) is 14.6. The average molecular weight is 422 g/mol. The maximum Gasteiger partial charge on any atom is 0.329 e. The van der Waals surface area contributed by atoms with Crippen LogP contribution in [0, 0.1) is 0 Å². The van der Waals surface area contributed by atoms with Crippen LogP contribution in [-0.4, -0.2) is 18.0 Å². The molecule has 0 heterocycles. The summed E-state index contributed by atoms with van der Waals surface area (Å²) >= 11 is 5.96. The molecule has 0 saturated heterocycles. The van der Waals surface area contributed by atoms with E-state index in [-0.39, 0.29) is 6.54 Å². The van der Waals surface area contributed by atoms with Gasteiger partial charge in [-0.2, -0.15) is 5.10 Å². The largest absolute Gasteiger partial charge is 0.489 e. The molecule has 7 heteroatoms. The Bertz CT molecular complexity index is 1020. The molecule has 0 aliphatic carbocycles. The van der Waals surface area contributed by atoms with E-state index < -0.39 is 11.8 Å². The van der Waals surface area contributed by atoms with Crippen molar-refractivity contribution in [1.82, 2.24) is 10.7 Å². The maximum absolute atomic E-state index is 11.8. The van der Waals surface area contributed by atoms with Crippen LogP contribution in [0.4, 0.5) is 0 Å². The summed E-state index contributed by atoms with van der Waals surface area (Å²) in [4.78, 5) is 23.6. The summed E-state index contributed by atoms with van der Waals surface area (Å²) in [5.74, 6) is -0.888. The Hall–Kier alpha value is -3.64. The first-order valence-electron chi connectivity index (χ1n) is 9.22. The van der Waals surface area contributed by atoms with Crippen LogP contribution < -0.4 is 15.5 Å². The minimum Gasteiger partial charge on any atom is -0.489 e. The van der Waals surface area contributed by atoms with E-state index in [0.29, 0.717) is 17.4 Å². The van der Waals surface area contributed by atoms with E-state index in [4.69, 9.17) is 16.3 Å². The van der Waals surface area contributed by atoms with Gasteiger partial charge in [0.05, 0.1) is 6.21 Å². The molecule has 0 aliphatic rings. The fourth-order valence-corrected chi connectivity index (χ4v) is 2.73. The highest BCUT2D eigenvalue weighted by atomic mass is 35.5. The number of hydrogen-bond donors (Lipinski definition) is 2. The lowest BCUT2D eigenvalue weighted by Crippen LogP contribution is -2.37. The van der Waals surface area contributed by atoms with Crippen molar-refractivity contribution in [3.63, 3.8) is 0 Å². The van der Waals surface area contributed by atoms with Gasteiger partial charge in [-0.25, -0.2) is 5.43 Å². The molecule has 0 radical (unpaired) electrons. The first kappa shape index (κ1) is 21.1. The van der Waals surface area contributed by atoms with E-state index >= 15 is 0 Å². The van der Waals surface area contributed by atoms with Gasteiger partial charge >= 0.3 is 11.8 Å². The molecule has 0 bridgehead atoms. The van der Waals surface area contributed by atoms with Crippen LogP contribution in [0.3, 0.4) is 0 Å². The second-order valence-electron chi connectivity index (χ2n) is 6.36. The van der Waals surface area contributed by atoms with Crippen molar-refractivity contribution in [2.75, 3.05) is 0 Å². The van der Waals surface area contributed by atoms with Crippen LogP contribution in [0.2, 0.25) is 5.02 Å². The fraction of sp³-hybridized carbons (Fsp3) is 0.0870. The van der Waals surface area contributed by atoms with E-state index in [1.54, 1.807) is 24.3 Å². The zero-order valence-electron chi connectivity index (χ0n) is 16.0. The number of carbonyl (C=O) groups is 2. The highest BCUT2D eigenvalue weighted by Gasteiger charge is 2.11. The molecule has 30 heavy (non-hydrogen) atoms. The van der Waals surface area contributed by atoms with Crippen molar-refractivity contribution in [3.05, 3.63) is 101 Å². The number of halogens is 1. The summed E-state index contributed by atoms with van der Waals surface area (Å²) in [7, 11) is 0. The number of ether oxygens (including phenoxy) is 1. The van der Waals surface area contributed by atoms with Crippen molar-refractivity contribution in [1.29, 1.82) is 0 Å². The van der Waals surface area contributed by atoms with Crippen LogP contribution in [0.5, 0.6) is 5.75 Å². The molecule has 0 fully saturated rings. The molecule has 152 valence electrons. The number of benzene rings is 3. The van der Waals surface area contributed by atoms with E-state index in [2.05, 4.69) is 15.8 Å². The van der Waals surface area contributed by atoms with E-state index in [1.807, 2.05) is 54.6 Å². The monoisotopic (exact) mass is 421 g/mol. The lowest BCUT2D eigenvalue weighted by atomic mass is 10.2. The van der Waals surface area contributed by atoms with E-state index in [9.17, 15) is 9.59 Å². The predicted octanol–water partition coefficient (Wildman–Crippen LogP) is 3.69. The average Bonchev–Trinajstić information content (AvgIpc) is 2.77. The molecular weight excluding hydrogens is 402 g/mol. The highest BCUT2D eigenvalue weighted by molar-refractivity contribution is 6.35. The summed E-state index contributed by atoms with van der Waals surface area (Å²) in [6.07, 6.45) is 1.45. The third kappa shape index (κ3) is 6.76. The third-order valence-corrected chi connectivity index (χ3v) is 4.29. The van der Waals surface area contributed by atoms with Crippen molar-refractivity contribution in [2.24, 2.45) is 5.10 Å². The summed E-state index contributed by atoms with van der Waals surface area (Å²) in [6.45, 7) is 0.676. The van der Waals surface area contributed by atoms with Crippen LogP contribution in [-0.2, 0) is 22.7 Å². The van der Waals surface area contributed by atoms with Crippen molar-refractivity contribution < 1.29 is 14.3 Å². The van der Waals surface area contributed by atoms with Gasteiger partial charge in [-0.1, -0.05) is 54.1 Å². The quantitative estimate of drug-likeness (QED) is 0.347. The van der Waals surface area contributed by atoms with E-state index in [0.717, 1.165) is 16.7 Å². The number of amides is 2. The Labute approximate surface area is 179 Å². The Morgan fingerprint density at radius 2 is 1.63 bits per heavy atom. The van der Waals surface area contributed by atoms with Gasteiger partial charge in [0, 0.05) is 11.6 Å². The Morgan fingerprint density at radius 3 is 2.37 bits per heavy atom. The van der Waals surface area contributed by atoms with Crippen LogP contribution in [0.15, 0.2) is 84.0 Å². The van der Waals surface area contributed by atoms with Crippen molar-refractivity contribution in [2.45, 2.75) is 13.2 Å². The molecule has 3 aromatic carbocycles. The number of rotatable bonds is 7. The minimum atomic E-state index is -0.830. The smallest absolute Gasteiger partial charge is 0.329 e. The fourth-order valence-electron chi connectivity index (χ4n) is 2.52. The molecule has 0 aromatic heterocycles. The van der Waals surface area contributed by atoms with Gasteiger partial charge in [0.1, 0.15) is 12.4 Å². The Kier molecular flexibility index (Phi) is 7.58. The zero-order chi connectivity index (χ0) is 21.2. The number of hydrazone groups is 1. The van der Waals surface area contributed by atoms with Gasteiger partial charge in [-0.05, 0) is 53.1 Å². The summed E-state index contributed by atoms with van der Waals surface area (Å²) in [6, 6.07) is 24.0. The van der Waals surface area contributed by atoms with Gasteiger partial charge in [0.25, 0.3) is 0 Å². The lowest BCUT2D eigenvalue weighted by Gasteiger charge is -2.07. The number of nitrogens with zero attached hydrogens (tertiary/aromatic N) is 1. The normalized spacial score (nSPS) is 10.6.